The molecule has 4 aromatic rings. The van der Waals surface area contributed by atoms with Gasteiger partial charge in [0.15, 0.2) is 5.58 Å². The number of imidazole rings is 1. The van der Waals surface area contributed by atoms with E-state index in [1.165, 1.54) is 12.8 Å². The van der Waals surface area contributed by atoms with Crippen LogP contribution >= 0.6 is 0 Å². The smallest absolute Gasteiger partial charge is 0.335 e. The van der Waals surface area contributed by atoms with Crippen LogP contribution < -0.4 is 10.2 Å². The Bertz CT molecular complexity index is 1200. The number of rotatable bonds is 4. The molecule has 0 atom stereocenters. The molecule has 0 amide bonds. The van der Waals surface area contributed by atoms with Gasteiger partial charge in [-0.25, -0.2) is 9.78 Å². The Hall–Kier alpha value is -3.55. The van der Waals surface area contributed by atoms with Gasteiger partial charge in [-0.2, -0.15) is 4.98 Å². The molecule has 0 spiro atoms. The Labute approximate surface area is 160 Å². The molecular formula is C20H19N5O3. The van der Waals surface area contributed by atoms with Gasteiger partial charge in [0.05, 0.1) is 16.6 Å². The quantitative estimate of drug-likeness (QED) is 0.559. The van der Waals surface area contributed by atoms with Crippen molar-refractivity contribution in [3.8, 4) is 0 Å². The van der Waals surface area contributed by atoms with Crippen molar-refractivity contribution in [3.05, 3.63) is 42.0 Å². The normalized spacial score (nSPS) is 14.2. The largest absolute Gasteiger partial charge is 0.478 e. The number of anilines is 3. The van der Waals surface area contributed by atoms with E-state index in [4.69, 9.17) is 9.52 Å². The summed E-state index contributed by atoms with van der Waals surface area (Å²) in [5.74, 6) is -0.446. The maximum absolute atomic E-state index is 11.2. The lowest BCUT2D eigenvalue weighted by Crippen LogP contribution is -2.17. The third kappa shape index (κ3) is 2.74. The Kier molecular flexibility index (Phi) is 3.71. The van der Waals surface area contributed by atoms with Crippen molar-refractivity contribution in [2.45, 2.75) is 12.8 Å². The van der Waals surface area contributed by atoms with E-state index in [0.717, 1.165) is 35.4 Å². The second-order valence-electron chi connectivity index (χ2n) is 6.99. The number of fused-ring (bicyclic) bond motifs is 2. The minimum atomic E-state index is -0.977. The highest BCUT2D eigenvalue weighted by molar-refractivity contribution is 5.93. The molecule has 2 N–H and O–H groups in total. The van der Waals surface area contributed by atoms with Gasteiger partial charge in [-0.1, -0.05) is 0 Å². The van der Waals surface area contributed by atoms with Crippen molar-refractivity contribution >= 4 is 45.8 Å². The summed E-state index contributed by atoms with van der Waals surface area (Å²) in [5.41, 5.74) is 4.26. The molecule has 1 aliphatic heterocycles. The molecule has 0 aliphatic carbocycles. The molecule has 0 saturated carbocycles. The number of hydrogen-bond donors (Lipinski definition) is 2. The molecule has 3 heterocycles. The summed E-state index contributed by atoms with van der Waals surface area (Å²) in [5, 5.41) is 12.3. The summed E-state index contributed by atoms with van der Waals surface area (Å²) < 4.78 is 7.73. The number of carbonyl (C=O) groups is 1. The number of nitrogens with one attached hydrogen (secondary N) is 1. The van der Waals surface area contributed by atoms with Crippen LogP contribution in [0.4, 0.5) is 17.7 Å². The fourth-order valence-electron chi connectivity index (χ4n) is 3.68. The zero-order valence-electron chi connectivity index (χ0n) is 15.3. The topological polar surface area (TPSA) is 96.4 Å². The Balaban J connectivity index is 1.47. The maximum Gasteiger partial charge on any atom is 0.335 e. The number of aromatic carboxylic acids is 1. The first-order valence-corrected chi connectivity index (χ1v) is 9.21. The molecule has 0 radical (unpaired) electrons. The number of carboxylic acid groups (broad SMARTS) is 1. The number of carboxylic acids is 1. The summed E-state index contributed by atoms with van der Waals surface area (Å²) in [6, 6.07) is 11.3. The number of aromatic nitrogens is 3. The Morgan fingerprint density at radius 1 is 1.11 bits per heavy atom. The predicted molar refractivity (Wildman–Crippen MR) is 106 cm³/mol. The fourth-order valence-corrected chi connectivity index (χ4v) is 3.68. The number of aryl methyl sites for hydroxylation is 1. The summed E-state index contributed by atoms with van der Waals surface area (Å²) in [7, 11) is 1.85. The molecule has 2 aromatic heterocycles. The number of oxazole rings is 1. The van der Waals surface area contributed by atoms with E-state index < -0.39 is 5.97 Å². The molecule has 5 rings (SSSR count). The molecule has 28 heavy (non-hydrogen) atoms. The lowest BCUT2D eigenvalue weighted by atomic mass is 10.2. The standard InChI is InChI=1S/C20H19N5O3/c1-24-16-7-4-12(18(26)27)10-15(16)21-19(24)23-20-22-14-6-5-13(11-17(14)28-20)25-8-2-3-9-25/h4-7,10-11H,2-3,8-9H2,1H3,(H,26,27)(H,21,22,23). The zero-order chi connectivity index (χ0) is 19.3. The van der Waals surface area contributed by atoms with Gasteiger partial charge < -0.3 is 19.0 Å². The predicted octanol–water partition coefficient (Wildman–Crippen LogP) is 3.76. The van der Waals surface area contributed by atoms with E-state index in [0.29, 0.717) is 17.5 Å². The molecule has 2 aromatic carbocycles. The minimum absolute atomic E-state index is 0.202. The maximum atomic E-state index is 11.2. The van der Waals surface area contributed by atoms with Crippen LogP contribution in [0.5, 0.6) is 0 Å². The van der Waals surface area contributed by atoms with E-state index >= 15 is 0 Å². The first-order valence-electron chi connectivity index (χ1n) is 9.21. The fraction of sp³-hybridized carbons (Fsp3) is 0.250. The van der Waals surface area contributed by atoms with E-state index in [-0.39, 0.29) is 5.56 Å². The van der Waals surface area contributed by atoms with Crippen LogP contribution in [0.25, 0.3) is 22.1 Å². The van der Waals surface area contributed by atoms with Crippen LogP contribution in [0.2, 0.25) is 0 Å². The second kappa shape index (κ2) is 6.26. The van der Waals surface area contributed by atoms with Crippen molar-refractivity contribution in [1.29, 1.82) is 0 Å². The molecule has 142 valence electrons. The van der Waals surface area contributed by atoms with Crippen molar-refractivity contribution in [2.24, 2.45) is 7.05 Å². The number of hydrogen-bond acceptors (Lipinski definition) is 6. The van der Waals surface area contributed by atoms with Crippen LogP contribution in [0.3, 0.4) is 0 Å². The lowest BCUT2D eigenvalue weighted by molar-refractivity contribution is 0.0697. The van der Waals surface area contributed by atoms with E-state index in [1.54, 1.807) is 18.2 Å². The second-order valence-corrected chi connectivity index (χ2v) is 6.99. The van der Waals surface area contributed by atoms with Crippen LogP contribution in [-0.2, 0) is 7.05 Å². The molecule has 8 heteroatoms. The van der Waals surface area contributed by atoms with E-state index in [2.05, 4.69) is 26.3 Å². The molecule has 1 saturated heterocycles. The average molecular weight is 377 g/mol. The molecule has 1 aliphatic rings. The highest BCUT2D eigenvalue weighted by Crippen LogP contribution is 2.28. The number of nitrogens with zero attached hydrogens (tertiary/aromatic N) is 4. The minimum Gasteiger partial charge on any atom is -0.478 e. The first-order chi connectivity index (χ1) is 13.6. The van der Waals surface area contributed by atoms with Gasteiger partial charge in [-0.3, -0.25) is 5.32 Å². The highest BCUT2D eigenvalue weighted by Gasteiger charge is 2.16. The van der Waals surface area contributed by atoms with Gasteiger partial charge in [0, 0.05) is 31.9 Å². The molecule has 8 nitrogen and oxygen atoms in total. The van der Waals surface area contributed by atoms with Gasteiger partial charge in [-0.15, -0.1) is 0 Å². The summed E-state index contributed by atoms with van der Waals surface area (Å²) in [4.78, 5) is 22.5. The third-order valence-electron chi connectivity index (χ3n) is 5.19. The molecule has 0 unspecified atom stereocenters. The monoisotopic (exact) mass is 377 g/mol. The first kappa shape index (κ1) is 16.6. The van der Waals surface area contributed by atoms with Gasteiger partial charge in [0.1, 0.15) is 5.52 Å². The Morgan fingerprint density at radius 2 is 1.93 bits per heavy atom. The molecule has 0 bridgehead atoms. The van der Waals surface area contributed by atoms with Crippen LogP contribution in [-0.4, -0.2) is 38.7 Å². The third-order valence-corrected chi connectivity index (χ3v) is 5.19. The van der Waals surface area contributed by atoms with Crippen LogP contribution in [0.15, 0.2) is 40.8 Å². The van der Waals surface area contributed by atoms with Crippen LogP contribution in [0, 0.1) is 0 Å². The van der Waals surface area contributed by atoms with Crippen LogP contribution in [0.1, 0.15) is 23.2 Å². The molecular weight excluding hydrogens is 358 g/mol. The van der Waals surface area contributed by atoms with Gasteiger partial charge in [-0.05, 0) is 43.2 Å². The summed E-state index contributed by atoms with van der Waals surface area (Å²) in [6.45, 7) is 2.14. The van der Waals surface area contributed by atoms with Crippen molar-refractivity contribution < 1.29 is 14.3 Å². The van der Waals surface area contributed by atoms with Crippen molar-refractivity contribution in [2.75, 3.05) is 23.3 Å². The van der Waals surface area contributed by atoms with Gasteiger partial charge in [0.25, 0.3) is 0 Å². The zero-order valence-corrected chi connectivity index (χ0v) is 15.3. The average Bonchev–Trinajstić information content (AvgIpc) is 3.40. The lowest BCUT2D eigenvalue weighted by Gasteiger charge is -2.16. The van der Waals surface area contributed by atoms with E-state index in [1.807, 2.05) is 23.7 Å². The van der Waals surface area contributed by atoms with E-state index in [9.17, 15) is 4.79 Å². The number of benzene rings is 2. The summed E-state index contributed by atoms with van der Waals surface area (Å²) >= 11 is 0. The van der Waals surface area contributed by atoms with Crippen molar-refractivity contribution in [3.63, 3.8) is 0 Å². The Morgan fingerprint density at radius 3 is 2.71 bits per heavy atom. The van der Waals surface area contributed by atoms with Gasteiger partial charge in [0.2, 0.25) is 5.95 Å². The van der Waals surface area contributed by atoms with Crippen molar-refractivity contribution in [1.82, 2.24) is 14.5 Å². The summed E-state index contributed by atoms with van der Waals surface area (Å²) in [6.07, 6.45) is 2.44. The van der Waals surface area contributed by atoms with Gasteiger partial charge >= 0.3 is 12.0 Å². The molecule has 1 fully saturated rings. The SMILES string of the molecule is Cn1c(Nc2nc3ccc(N4CCCC4)cc3o2)nc2cc(C(=O)O)ccc21. The highest BCUT2D eigenvalue weighted by atomic mass is 16.4.